The van der Waals surface area contributed by atoms with Crippen molar-refractivity contribution < 1.29 is 18.3 Å². The van der Waals surface area contributed by atoms with E-state index in [1.54, 1.807) is 0 Å². The van der Waals surface area contributed by atoms with Crippen LogP contribution < -0.4 is 0 Å². The van der Waals surface area contributed by atoms with Crippen LogP contribution in [0.15, 0.2) is 0 Å². The molecule has 1 rings (SSSR count). The number of halogens is 3. The molecule has 0 aliphatic heterocycles. The summed E-state index contributed by atoms with van der Waals surface area (Å²) in [6, 6.07) is 0.0686. The third-order valence-corrected chi connectivity index (χ3v) is 3.27. The molecule has 2 nitrogen and oxygen atoms in total. The summed E-state index contributed by atoms with van der Waals surface area (Å²) in [5.74, 6) is 0. The molecule has 1 unspecified atom stereocenters. The average Bonchev–Trinajstić information content (AvgIpc) is 2.97. The number of rotatable bonds is 6. The second-order valence-corrected chi connectivity index (χ2v) is 5.07. The molecule has 96 valence electrons. The first-order valence-corrected chi connectivity index (χ1v) is 5.71. The molecule has 16 heavy (non-hydrogen) atoms. The summed E-state index contributed by atoms with van der Waals surface area (Å²) in [5, 5.41) is 9.23. The van der Waals surface area contributed by atoms with E-state index >= 15 is 0 Å². The van der Waals surface area contributed by atoms with Crippen LogP contribution in [0.3, 0.4) is 0 Å². The van der Waals surface area contributed by atoms with E-state index in [2.05, 4.69) is 0 Å². The Bertz CT molecular complexity index is 222. The summed E-state index contributed by atoms with van der Waals surface area (Å²) >= 11 is 0. The van der Waals surface area contributed by atoms with E-state index in [0.29, 0.717) is 13.0 Å². The van der Waals surface area contributed by atoms with Crippen molar-refractivity contribution in [2.24, 2.45) is 5.41 Å². The topological polar surface area (TPSA) is 23.5 Å². The Kier molecular flexibility index (Phi) is 4.23. The first kappa shape index (κ1) is 13.8. The van der Waals surface area contributed by atoms with Crippen LogP contribution in [0.5, 0.6) is 0 Å². The van der Waals surface area contributed by atoms with Gasteiger partial charge in [-0.1, -0.05) is 13.8 Å². The van der Waals surface area contributed by atoms with E-state index < -0.39 is 18.1 Å². The Labute approximate surface area is 94.4 Å². The molecule has 5 heteroatoms. The molecular weight excluding hydrogens is 219 g/mol. The highest BCUT2D eigenvalue weighted by molar-refractivity contribution is 4.89. The number of alkyl halides is 3. The van der Waals surface area contributed by atoms with Crippen LogP contribution >= 0.6 is 0 Å². The number of nitrogens with zero attached hydrogens (tertiary/aromatic N) is 1. The highest BCUT2D eigenvalue weighted by Gasteiger charge is 2.40. The average molecular weight is 239 g/mol. The number of hydrogen-bond donors (Lipinski definition) is 1. The van der Waals surface area contributed by atoms with Gasteiger partial charge in [0.05, 0.1) is 6.54 Å². The van der Waals surface area contributed by atoms with Gasteiger partial charge in [-0.05, 0) is 19.3 Å². The van der Waals surface area contributed by atoms with Crippen LogP contribution in [0.1, 0.15) is 33.1 Å². The van der Waals surface area contributed by atoms with Crippen LogP contribution in [0, 0.1) is 5.41 Å². The van der Waals surface area contributed by atoms with Gasteiger partial charge in [-0.3, -0.25) is 4.90 Å². The minimum atomic E-state index is -4.15. The lowest BCUT2D eigenvalue weighted by atomic mass is 9.88. The first-order valence-electron chi connectivity index (χ1n) is 5.71. The van der Waals surface area contributed by atoms with Crippen molar-refractivity contribution in [2.75, 3.05) is 19.7 Å². The molecule has 1 aliphatic rings. The van der Waals surface area contributed by atoms with E-state index in [9.17, 15) is 18.3 Å². The van der Waals surface area contributed by atoms with Gasteiger partial charge in [0.2, 0.25) is 0 Å². The molecule has 0 bridgehead atoms. The second kappa shape index (κ2) is 4.92. The Morgan fingerprint density at radius 2 is 1.81 bits per heavy atom. The van der Waals surface area contributed by atoms with Gasteiger partial charge in [0.1, 0.15) is 0 Å². The Balaban J connectivity index is 2.57. The quantitative estimate of drug-likeness (QED) is 0.769. The molecule has 0 radical (unpaired) electrons. The van der Waals surface area contributed by atoms with E-state index in [4.69, 9.17) is 0 Å². The summed E-state index contributed by atoms with van der Waals surface area (Å²) in [7, 11) is 0. The van der Waals surface area contributed by atoms with Gasteiger partial charge in [-0.2, -0.15) is 13.2 Å². The number of aliphatic hydroxyl groups excluding tert-OH is 1. The third kappa shape index (κ3) is 4.29. The maximum atomic E-state index is 12.4. The normalized spacial score (nSPS) is 21.2. The highest BCUT2D eigenvalue weighted by atomic mass is 19.4. The molecular formula is C11H20F3NO. The molecule has 0 aromatic heterocycles. The molecule has 1 fully saturated rings. The maximum absolute atomic E-state index is 12.4. The van der Waals surface area contributed by atoms with Crippen LogP contribution in [-0.2, 0) is 0 Å². The molecule has 1 atom stereocenters. The van der Waals surface area contributed by atoms with E-state index in [-0.39, 0.29) is 12.6 Å². The molecule has 1 aliphatic carbocycles. The van der Waals surface area contributed by atoms with Gasteiger partial charge in [0.25, 0.3) is 0 Å². The van der Waals surface area contributed by atoms with E-state index in [1.165, 1.54) is 4.90 Å². The van der Waals surface area contributed by atoms with Gasteiger partial charge >= 0.3 is 6.18 Å². The highest BCUT2D eigenvalue weighted by Crippen LogP contribution is 2.33. The van der Waals surface area contributed by atoms with Crippen LogP contribution in [-0.4, -0.2) is 41.9 Å². The van der Waals surface area contributed by atoms with Crippen molar-refractivity contribution in [3.05, 3.63) is 0 Å². The molecule has 0 aromatic carbocycles. The monoisotopic (exact) mass is 239 g/mol. The SMILES string of the molecule is CCC(C)(CO)CN(CC(F)(F)F)C1CC1. The minimum Gasteiger partial charge on any atom is -0.396 e. The van der Waals surface area contributed by atoms with Gasteiger partial charge in [0, 0.05) is 24.6 Å². The lowest BCUT2D eigenvalue weighted by Crippen LogP contribution is -2.43. The summed E-state index contributed by atoms with van der Waals surface area (Å²) in [6.07, 6.45) is -1.76. The van der Waals surface area contributed by atoms with Gasteiger partial charge in [-0.25, -0.2) is 0 Å². The molecule has 1 N–H and O–H groups in total. The zero-order chi connectivity index (χ0) is 12.4. The summed E-state index contributed by atoms with van der Waals surface area (Å²) in [5.41, 5.74) is -0.423. The fourth-order valence-corrected chi connectivity index (χ4v) is 1.75. The van der Waals surface area contributed by atoms with Crippen molar-refractivity contribution in [2.45, 2.75) is 45.3 Å². The van der Waals surface area contributed by atoms with Crippen molar-refractivity contribution in [3.63, 3.8) is 0 Å². The van der Waals surface area contributed by atoms with Crippen molar-refractivity contribution in [3.8, 4) is 0 Å². The Morgan fingerprint density at radius 1 is 1.25 bits per heavy atom. The lowest BCUT2D eigenvalue weighted by Gasteiger charge is -2.34. The molecule has 0 aromatic rings. The largest absolute Gasteiger partial charge is 0.401 e. The van der Waals surface area contributed by atoms with E-state index in [0.717, 1.165) is 12.8 Å². The molecule has 1 saturated carbocycles. The molecule has 0 amide bonds. The summed E-state index contributed by atoms with van der Waals surface area (Å²) in [6.45, 7) is 3.13. The minimum absolute atomic E-state index is 0.0649. The van der Waals surface area contributed by atoms with Gasteiger partial charge in [-0.15, -0.1) is 0 Å². The Morgan fingerprint density at radius 3 is 2.12 bits per heavy atom. The second-order valence-electron chi connectivity index (χ2n) is 5.07. The Hall–Kier alpha value is -0.290. The zero-order valence-electron chi connectivity index (χ0n) is 9.85. The lowest BCUT2D eigenvalue weighted by molar-refractivity contribution is -0.151. The number of aliphatic hydroxyl groups is 1. The third-order valence-electron chi connectivity index (χ3n) is 3.27. The number of hydrogen-bond acceptors (Lipinski definition) is 2. The van der Waals surface area contributed by atoms with Gasteiger partial charge < -0.3 is 5.11 Å². The fourth-order valence-electron chi connectivity index (χ4n) is 1.75. The molecule has 0 spiro atoms. The standard InChI is InChI=1S/C11H20F3NO/c1-3-10(2,8-16)6-15(9-4-5-9)7-11(12,13)14/h9,16H,3-8H2,1-2H3. The van der Waals surface area contributed by atoms with Crippen LogP contribution in [0.4, 0.5) is 13.2 Å². The summed E-state index contributed by atoms with van der Waals surface area (Å²) in [4.78, 5) is 1.47. The van der Waals surface area contributed by atoms with Crippen molar-refractivity contribution in [1.82, 2.24) is 4.90 Å². The summed E-state index contributed by atoms with van der Waals surface area (Å²) < 4.78 is 37.1. The smallest absolute Gasteiger partial charge is 0.396 e. The maximum Gasteiger partial charge on any atom is 0.401 e. The van der Waals surface area contributed by atoms with E-state index in [1.807, 2.05) is 13.8 Å². The van der Waals surface area contributed by atoms with Crippen molar-refractivity contribution >= 4 is 0 Å². The first-order chi connectivity index (χ1) is 7.29. The predicted molar refractivity (Wildman–Crippen MR) is 56.1 cm³/mol. The predicted octanol–water partition coefficient (Wildman–Crippen LogP) is 2.42. The zero-order valence-corrected chi connectivity index (χ0v) is 9.85. The molecule has 0 heterocycles. The van der Waals surface area contributed by atoms with Crippen LogP contribution in [0.2, 0.25) is 0 Å². The van der Waals surface area contributed by atoms with Gasteiger partial charge in [0.15, 0.2) is 0 Å². The van der Waals surface area contributed by atoms with Crippen molar-refractivity contribution in [1.29, 1.82) is 0 Å². The van der Waals surface area contributed by atoms with Crippen LogP contribution in [0.25, 0.3) is 0 Å². The molecule has 0 saturated heterocycles. The fraction of sp³-hybridized carbons (Fsp3) is 1.00.